The second kappa shape index (κ2) is 5.90. The zero-order valence-electron chi connectivity index (χ0n) is 12.6. The minimum absolute atomic E-state index is 0.0612. The number of carbonyl (C=O) groups excluding carboxylic acids is 1. The SMILES string of the molecule is Cc1cc(S(N)(=O)=O)cc(C(=O)N(C)Cc2cnc[nH]2)c1C. The molecule has 1 heterocycles. The number of aromatic amines is 1. The third-order valence-electron chi connectivity index (χ3n) is 3.51. The predicted molar refractivity (Wildman–Crippen MR) is 81.7 cm³/mol. The molecule has 0 saturated heterocycles. The number of benzene rings is 1. The molecular weight excluding hydrogens is 304 g/mol. The smallest absolute Gasteiger partial charge is 0.254 e. The lowest BCUT2D eigenvalue weighted by atomic mass is 10.0. The van der Waals surface area contributed by atoms with Crippen molar-refractivity contribution in [3.05, 3.63) is 47.0 Å². The number of aromatic nitrogens is 2. The summed E-state index contributed by atoms with van der Waals surface area (Å²) < 4.78 is 23.1. The maximum Gasteiger partial charge on any atom is 0.254 e. The fourth-order valence-corrected chi connectivity index (χ4v) is 2.74. The first-order chi connectivity index (χ1) is 10.2. The molecule has 1 amide bonds. The van der Waals surface area contributed by atoms with Gasteiger partial charge >= 0.3 is 0 Å². The fraction of sp³-hybridized carbons (Fsp3) is 0.286. The monoisotopic (exact) mass is 322 g/mol. The van der Waals surface area contributed by atoms with Gasteiger partial charge in [-0.2, -0.15) is 0 Å². The highest BCUT2D eigenvalue weighted by Crippen LogP contribution is 2.20. The van der Waals surface area contributed by atoms with E-state index in [2.05, 4.69) is 9.97 Å². The van der Waals surface area contributed by atoms with Crippen molar-refractivity contribution in [1.82, 2.24) is 14.9 Å². The summed E-state index contributed by atoms with van der Waals surface area (Å²) in [6.07, 6.45) is 3.16. The molecule has 1 aromatic heterocycles. The maximum atomic E-state index is 12.6. The Balaban J connectivity index is 2.38. The van der Waals surface area contributed by atoms with Crippen molar-refractivity contribution >= 4 is 15.9 Å². The lowest BCUT2D eigenvalue weighted by Crippen LogP contribution is -2.27. The number of nitrogens with zero attached hydrogens (tertiary/aromatic N) is 2. The van der Waals surface area contributed by atoms with Crippen LogP contribution in [0.5, 0.6) is 0 Å². The van der Waals surface area contributed by atoms with Gasteiger partial charge < -0.3 is 9.88 Å². The van der Waals surface area contributed by atoms with Gasteiger partial charge in [-0.05, 0) is 37.1 Å². The van der Waals surface area contributed by atoms with Crippen molar-refractivity contribution in [3.8, 4) is 0 Å². The molecule has 3 N–H and O–H groups in total. The summed E-state index contributed by atoms with van der Waals surface area (Å²) >= 11 is 0. The molecule has 0 unspecified atom stereocenters. The van der Waals surface area contributed by atoms with Gasteiger partial charge in [0, 0.05) is 18.8 Å². The summed E-state index contributed by atoms with van der Waals surface area (Å²) in [4.78, 5) is 20.8. The van der Waals surface area contributed by atoms with Gasteiger partial charge in [-0.25, -0.2) is 18.5 Å². The van der Waals surface area contributed by atoms with Gasteiger partial charge in [0.15, 0.2) is 0 Å². The molecule has 2 aromatic rings. The largest absolute Gasteiger partial charge is 0.347 e. The number of aryl methyl sites for hydroxylation is 1. The average molecular weight is 322 g/mol. The summed E-state index contributed by atoms with van der Waals surface area (Å²) in [5, 5.41) is 5.16. The molecule has 8 heteroatoms. The number of nitrogens with two attached hydrogens (primary N) is 1. The fourth-order valence-electron chi connectivity index (χ4n) is 2.12. The maximum absolute atomic E-state index is 12.6. The zero-order valence-corrected chi connectivity index (χ0v) is 13.4. The zero-order chi connectivity index (χ0) is 16.5. The third kappa shape index (κ3) is 3.34. The summed E-state index contributed by atoms with van der Waals surface area (Å²) in [7, 11) is -2.22. The number of nitrogens with one attached hydrogen (secondary N) is 1. The molecule has 0 bridgehead atoms. The van der Waals surface area contributed by atoms with Crippen molar-refractivity contribution in [2.75, 3.05) is 7.05 Å². The van der Waals surface area contributed by atoms with E-state index in [1.807, 2.05) is 0 Å². The first-order valence-corrected chi connectivity index (χ1v) is 8.11. The predicted octanol–water partition coefficient (Wildman–Crippen LogP) is 0.946. The molecule has 0 radical (unpaired) electrons. The average Bonchev–Trinajstić information content (AvgIpc) is 2.92. The highest BCUT2D eigenvalue weighted by molar-refractivity contribution is 7.89. The second-order valence-electron chi connectivity index (χ2n) is 5.20. The van der Waals surface area contributed by atoms with E-state index < -0.39 is 10.0 Å². The van der Waals surface area contributed by atoms with Crippen molar-refractivity contribution in [2.24, 2.45) is 5.14 Å². The molecule has 118 valence electrons. The molecule has 2 rings (SSSR count). The Kier molecular flexibility index (Phi) is 4.34. The number of hydrogen-bond donors (Lipinski definition) is 2. The van der Waals surface area contributed by atoms with Gasteiger partial charge in [-0.1, -0.05) is 0 Å². The summed E-state index contributed by atoms with van der Waals surface area (Å²) in [6.45, 7) is 3.87. The number of sulfonamides is 1. The van der Waals surface area contributed by atoms with E-state index in [0.717, 1.165) is 11.3 Å². The van der Waals surface area contributed by atoms with E-state index in [1.54, 1.807) is 27.1 Å². The second-order valence-corrected chi connectivity index (χ2v) is 6.76. The molecule has 1 aromatic carbocycles. The van der Waals surface area contributed by atoms with Crippen molar-refractivity contribution in [2.45, 2.75) is 25.3 Å². The Bertz CT molecular complexity index is 798. The van der Waals surface area contributed by atoms with Crippen LogP contribution in [-0.4, -0.2) is 36.2 Å². The Hall–Kier alpha value is -2.19. The van der Waals surface area contributed by atoms with E-state index in [9.17, 15) is 13.2 Å². The number of carbonyl (C=O) groups is 1. The first kappa shape index (κ1) is 16.2. The van der Waals surface area contributed by atoms with Crippen molar-refractivity contribution < 1.29 is 13.2 Å². The lowest BCUT2D eigenvalue weighted by Gasteiger charge is -2.19. The van der Waals surface area contributed by atoms with Gasteiger partial charge in [0.25, 0.3) is 5.91 Å². The van der Waals surface area contributed by atoms with Crippen LogP contribution in [0.15, 0.2) is 29.6 Å². The van der Waals surface area contributed by atoms with Crippen LogP contribution >= 0.6 is 0 Å². The molecule has 0 saturated carbocycles. The number of amides is 1. The molecule has 0 atom stereocenters. The van der Waals surface area contributed by atoms with Gasteiger partial charge in [0.05, 0.1) is 23.5 Å². The van der Waals surface area contributed by atoms with Crippen LogP contribution in [0.3, 0.4) is 0 Å². The number of H-pyrrole nitrogens is 1. The Morgan fingerprint density at radius 3 is 2.59 bits per heavy atom. The van der Waals surface area contributed by atoms with Gasteiger partial charge in [0.1, 0.15) is 0 Å². The van der Waals surface area contributed by atoms with Gasteiger partial charge in [-0.3, -0.25) is 4.79 Å². The summed E-state index contributed by atoms with van der Waals surface area (Å²) in [5.41, 5.74) is 2.54. The topological polar surface area (TPSA) is 109 Å². The van der Waals surface area contributed by atoms with Crippen LogP contribution in [-0.2, 0) is 16.6 Å². The van der Waals surface area contributed by atoms with E-state index in [4.69, 9.17) is 5.14 Å². The van der Waals surface area contributed by atoms with E-state index in [0.29, 0.717) is 17.7 Å². The number of imidazole rings is 1. The van der Waals surface area contributed by atoms with Crippen LogP contribution in [0, 0.1) is 13.8 Å². The summed E-state index contributed by atoms with van der Waals surface area (Å²) in [5.74, 6) is -0.277. The highest BCUT2D eigenvalue weighted by atomic mass is 32.2. The normalized spacial score (nSPS) is 11.5. The molecule has 0 aliphatic carbocycles. The third-order valence-corrected chi connectivity index (χ3v) is 4.40. The standard InChI is InChI=1S/C14H18N4O3S/c1-9-4-12(22(15,20)21)5-13(10(9)2)14(19)18(3)7-11-6-16-8-17-11/h4-6,8H,7H2,1-3H3,(H,16,17)(H2,15,20,21). The lowest BCUT2D eigenvalue weighted by molar-refractivity contribution is 0.0782. The Morgan fingerprint density at radius 2 is 2.05 bits per heavy atom. The molecule has 7 nitrogen and oxygen atoms in total. The van der Waals surface area contributed by atoms with E-state index in [1.165, 1.54) is 23.4 Å². The first-order valence-electron chi connectivity index (χ1n) is 6.57. The van der Waals surface area contributed by atoms with Crippen LogP contribution in [0.2, 0.25) is 0 Å². The van der Waals surface area contributed by atoms with Gasteiger partial charge in [-0.15, -0.1) is 0 Å². The molecule has 0 spiro atoms. The summed E-state index contributed by atoms with van der Waals surface area (Å²) in [6, 6.07) is 2.79. The minimum Gasteiger partial charge on any atom is -0.347 e. The van der Waals surface area contributed by atoms with E-state index >= 15 is 0 Å². The number of primary sulfonamides is 1. The molecule has 0 aliphatic rings. The Morgan fingerprint density at radius 1 is 1.36 bits per heavy atom. The number of hydrogen-bond acceptors (Lipinski definition) is 4. The minimum atomic E-state index is -3.86. The molecule has 0 fully saturated rings. The van der Waals surface area contributed by atoms with Crippen LogP contribution < -0.4 is 5.14 Å². The van der Waals surface area contributed by atoms with Crippen molar-refractivity contribution in [1.29, 1.82) is 0 Å². The Labute approximate surface area is 129 Å². The highest BCUT2D eigenvalue weighted by Gasteiger charge is 2.20. The van der Waals surface area contributed by atoms with Crippen LogP contribution in [0.1, 0.15) is 27.2 Å². The molecular formula is C14H18N4O3S. The van der Waals surface area contributed by atoms with Crippen LogP contribution in [0.25, 0.3) is 0 Å². The quantitative estimate of drug-likeness (QED) is 0.873. The van der Waals surface area contributed by atoms with Gasteiger partial charge in [0.2, 0.25) is 10.0 Å². The molecule has 0 aliphatic heterocycles. The van der Waals surface area contributed by atoms with Crippen LogP contribution in [0.4, 0.5) is 0 Å². The number of rotatable bonds is 4. The molecule has 22 heavy (non-hydrogen) atoms. The van der Waals surface area contributed by atoms with Crippen molar-refractivity contribution in [3.63, 3.8) is 0 Å². The van der Waals surface area contributed by atoms with E-state index in [-0.39, 0.29) is 10.8 Å².